The lowest BCUT2D eigenvalue weighted by atomic mass is 9.99. The van der Waals surface area contributed by atoms with Gasteiger partial charge in [-0.2, -0.15) is 18.9 Å². The lowest BCUT2D eigenvalue weighted by Gasteiger charge is -2.25. The molecule has 1 unspecified atom stereocenters. The van der Waals surface area contributed by atoms with Crippen molar-refractivity contribution in [1.82, 2.24) is 0 Å². The second-order valence-corrected chi connectivity index (χ2v) is 11.3. The van der Waals surface area contributed by atoms with E-state index in [1.807, 2.05) is 53.5 Å². The number of hydrogen-bond donors (Lipinski definition) is 1. The molecule has 10 nitrogen and oxygen atoms in total. The van der Waals surface area contributed by atoms with Crippen molar-refractivity contribution in [2.75, 3.05) is 51.8 Å². The molecule has 2 aliphatic heterocycles. The highest BCUT2D eigenvalue weighted by atomic mass is 32.2. The van der Waals surface area contributed by atoms with Crippen LogP contribution < -0.4 is 19.8 Å². The lowest BCUT2D eigenvalue weighted by molar-refractivity contribution is 0.480. The van der Waals surface area contributed by atoms with E-state index in [9.17, 15) is 24.1 Å². The monoisotopic (exact) mass is 561 g/mol. The van der Waals surface area contributed by atoms with Crippen LogP contribution in [0.3, 0.4) is 0 Å². The number of nitriles is 2. The van der Waals surface area contributed by atoms with Gasteiger partial charge in [0.15, 0.2) is 0 Å². The van der Waals surface area contributed by atoms with Crippen LogP contribution in [0.1, 0.15) is 37.8 Å². The van der Waals surface area contributed by atoms with Gasteiger partial charge in [-0.25, -0.2) is 0 Å². The van der Waals surface area contributed by atoms with Gasteiger partial charge >= 0.3 is 0 Å². The van der Waals surface area contributed by atoms with E-state index in [-0.39, 0.29) is 18.3 Å². The maximum atomic E-state index is 12.4. The molecule has 0 saturated heterocycles. The minimum atomic E-state index is -4.00. The molecule has 40 heavy (non-hydrogen) atoms. The number of hydroxylamine groups is 1. The first-order valence-corrected chi connectivity index (χ1v) is 14.9. The number of allylic oxidation sites excluding steroid dienone is 3. The largest absolute Gasteiger partial charge is 0.757 e. The Morgan fingerprint density at radius 1 is 1.02 bits per heavy atom. The zero-order chi connectivity index (χ0) is 28.9. The normalized spacial score (nSPS) is 16.4. The maximum absolute atomic E-state index is 12.4. The summed E-state index contributed by atoms with van der Waals surface area (Å²) < 4.78 is 30.9. The van der Waals surface area contributed by atoms with Gasteiger partial charge in [-0.15, -0.1) is 0 Å². The first kappa shape index (κ1) is 29.0. The molecule has 0 saturated carbocycles. The molecule has 2 aromatic carbocycles. The van der Waals surface area contributed by atoms with Gasteiger partial charge in [0.25, 0.3) is 10.1 Å². The van der Waals surface area contributed by atoms with Crippen LogP contribution in [0.4, 0.5) is 22.7 Å². The second-order valence-electron chi connectivity index (χ2n) is 9.75. The molecule has 0 aliphatic carbocycles. The molecule has 4 rings (SSSR count). The Kier molecular flexibility index (Phi) is 9.00. The van der Waals surface area contributed by atoms with Crippen LogP contribution in [0.5, 0.6) is 0 Å². The van der Waals surface area contributed by atoms with Gasteiger partial charge in [0, 0.05) is 19.6 Å². The summed E-state index contributed by atoms with van der Waals surface area (Å²) in [5, 5.41) is 32.5. The number of anilines is 4. The van der Waals surface area contributed by atoms with Gasteiger partial charge in [-0.1, -0.05) is 18.2 Å². The molecule has 0 amide bonds. The molecule has 1 N–H and O–H groups in total. The van der Waals surface area contributed by atoms with Crippen LogP contribution >= 0.6 is 0 Å². The Labute approximate surface area is 236 Å². The molecule has 0 bridgehead atoms. The fourth-order valence-corrected chi connectivity index (χ4v) is 5.78. The Bertz CT molecular complexity index is 1490. The summed E-state index contributed by atoms with van der Waals surface area (Å²) in [6.07, 6.45) is 7.06. The highest BCUT2D eigenvalue weighted by Gasteiger charge is 2.29. The third-order valence-corrected chi connectivity index (χ3v) is 7.92. The van der Waals surface area contributed by atoms with E-state index in [2.05, 4.69) is 35.8 Å². The van der Waals surface area contributed by atoms with Gasteiger partial charge in [0.05, 0.1) is 58.8 Å². The average Bonchev–Trinajstić information content (AvgIpc) is 3.41. The molecule has 11 heteroatoms. The molecule has 210 valence electrons. The molecular formula is C29H33N6O4S-. The van der Waals surface area contributed by atoms with Gasteiger partial charge < -0.3 is 25.0 Å². The van der Waals surface area contributed by atoms with Crippen molar-refractivity contribution in [3.05, 3.63) is 76.8 Å². The number of unbranched alkanes of at least 4 members (excludes halogenated alkanes) is 1. The molecule has 0 radical (unpaired) electrons. The van der Waals surface area contributed by atoms with Gasteiger partial charge in [-0.3, -0.25) is 4.55 Å². The van der Waals surface area contributed by atoms with Crippen molar-refractivity contribution in [3.63, 3.8) is 0 Å². The van der Waals surface area contributed by atoms with Crippen LogP contribution in [-0.2, 0) is 16.5 Å². The summed E-state index contributed by atoms with van der Waals surface area (Å²) in [6, 6.07) is 15.8. The minimum Gasteiger partial charge on any atom is -0.757 e. The summed E-state index contributed by atoms with van der Waals surface area (Å²) in [5.74, 6) is 0.294. The number of hydrogen-bond acceptors (Lipinski definition) is 9. The summed E-state index contributed by atoms with van der Waals surface area (Å²) in [4.78, 5) is 6.24. The van der Waals surface area contributed by atoms with Gasteiger partial charge in [0.1, 0.15) is 5.82 Å². The predicted molar refractivity (Wildman–Crippen MR) is 157 cm³/mol. The summed E-state index contributed by atoms with van der Waals surface area (Å²) in [6.45, 7) is 6.27. The third-order valence-electron chi connectivity index (χ3n) is 7.11. The van der Waals surface area contributed by atoms with Crippen LogP contribution in [0.15, 0.2) is 60.4 Å². The maximum Gasteiger partial charge on any atom is 0.264 e. The Morgan fingerprint density at radius 3 is 2.42 bits per heavy atom. The van der Waals surface area contributed by atoms with Crippen molar-refractivity contribution in [2.45, 2.75) is 33.1 Å². The molecular weight excluding hydrogens is 528 g/mol. The zero-order valence-corrected chi connectivity index (χ0v) is 23.5. The van der Waals surface area contributed by atoms with Crippen molar-refractivity contribution >= 4 is 32.9 Å². The van der Waals surface area contributed by atoms with Crippen molar-refractivity contribution < 1.29 is 13.0 Å². The smallest absolute Gasteiger partial charge is 0.264 e. The van der Waals surface area contributed by atoms with Crippen molar-refractivity contribution in [2.24, 2.45) is 5.92 Å². The summed E-state index contributed by atoms with van der Waals surface area (Å²) in [5.41, 5.74) is 4.89. The van der Waals surface area contributed by atoms with Crippen LogP contribution in [-0.4, -0.2) is 45.0 Å². The van der Waals surface area contributed by atoms with E-state index >= 15 is 0 Å². The van der Waals surface area contributed by atoms with E-state index in [1.165, 1.54) is 0 Å². The van der Waals surface area contributed by atoms with Gasteiger partial charge in [0.2, 0.25) is 0 Å². The molecule has 2 aromatic rings. The topological polar surface area (TPSA) is 138 Å². The van der Waals surface area contributed by atoms with Crippen LogP contribution in [0.2, 0.25) is 0 Å². The number of benzene rings is 2. The lowest BCUT2D eigenvalue weighted by Crippen LogP contribution is -2.28. The third kappa shape index (κ3) is 6.40. The van der Waals surface area contributed by atoms with Crippen LogP contribution in [0.25, 0.3) is 0 Å². The SMILES string of the molecule is CCN1C(=CC=CC(C#N)Cc2ccc3c(c2)N(CCCCS(=O)(=O)O)CN3[O-])N(CC)c2cc(C#N)ccc21. The molecule has 2 heterocycles. The Balaban J connectivity index is 1.47. The average molecular weight is 562 g/mol. The van der Waals surface area contributed by atoms with E-state index < -0.39 is 10.1 Å². The van der Waals surface area contributed by atoms with E-state index in [0.717, 1.165) is 46.6 Å². The molecule has 0 aromatic heterocycles. The molecule has 0 spiro atoms. The van der Waals surface area contributed by atoms with Crippen molar-refractivity contribution in [3.8, 4) is 12.1 Å². The number of nitrogens with zero attached hydrogens (tertiary/aromatic N) is 6. The molecule has 1 atom stereocenters. The highest BCUT2D eigenvalue weighted by Crippen LogP contribution is 2.42. The fraction of sp³-hybridized carbons (Fsp3) is 0.379. The van der Waals surface area contributed by atoms with E-state index in [4.69, 9.17) is 4.55 Å². The zero-order valence-electron chi connectivity index (χ0n) is 22.7. The van der Waals surface area contributed by atoms with E-state index in [1.54, 1.807) is 6.07 Å². The minimum absolute atomic E-state index is 0.153. The van der Waals surface area contributed by atoms with Crippen LogP contribution in [0, 0.1) is 33.8 Å². The summed E-state index contributed by atoms with van der Waals surface area (Å²) in [7, 11) is -4.00. The Morgan fingerprint density at radius 2 is 1.75 bits per heavy atom. The van der Waals surface area contributed by atoms with Crippen molar-refractivity contribution in [1.29, 1.82) is 10.5 Å². The summed E-state index contributed by atoms with van der Waals surface area (Å²) >= 11 is 0. The molecule has 0 fully saturated rings. The molecule has 2 aliphatic rings. The Hall–Kier alpha value is -4.03. The fourth-order valence-electron chi connectivity index (χ4n) is 5.21. The van der Waals surface area contributed by atoms with E-state index in [0.29, 0.717) is 37.1 Å². The van der Waals surface area contributed by atoms with Gasteiger partial charge in [-0.05, 0) is 75.1 Å². The second kappa shape index (κ2) is 12.4. The standard InChI is InChI=1S/C29H33N6O4S/c1-3-33-25-12-11-24(20-31)18-28(25)34(4-2)29(33)9-7-8-23(19-30)16-22-10-13-26-27(17-22)32(21-35(26)36)14-5-6-15-40(37,38)39/h7-13,17-18,23H,3-6,14-16,21H2,1-2H3,(H,37,38,39)/q-1. The highest BCUT2D eigenvalue weighted by molar-refractivity contribution is 7.85. The first-order chi connectivity index (χ1) is 19.2. The number of rotatable bonds is 11. The predicted octanol–water partition coefficient (Wildman–Crippen LogP) is 4.75. The quantitative estimate of drug-likeness (QED) is 0.302. The number of fused-ring (bicyclic) bond motifs is 2. The first-order valence-electron chi connectivity index (χ1n) is 13.3.